The molecule has 0 aliphatic heterocycles. The van der Waals surface area contributed by atoms with Gasteiger partial charge in [0.1, 0.15) is 11.5 Å². The molecule has 26 heavy (non-hydrogen) atoms. The number of carbonyl (C=O) groups is 1. The average Bonchev–Trinajstić information content (AvgIpc) is 2.65. The summed E-state index contributed by atoms with van der Waals surface area (Å²) in [7, 11) is 1.59. The van der Waals surface area contributed by atoms with E-state index in [0.717, 1.165) is 0 Å². The summed E-state index contributed by atoms with van der Waals surface area (Å²) >= 11 is 0. The van der Waals surface area contributed by atoms with E-state index < -0.39 is 0 Å². The van der Waals surface area contributed by atoms with Crippen molar-refractivity contribution in [1.82, 2.24) is 4.90 Å². The highest BCUT2D eigenvalue weighted by Crippen LogP contribution is 2.20. The van der Waals surface area contributed by atoms with Crippen molar-refractivity contribution in [3.63, 3.8) is 0 Å². The van der Waals surface area contributed by atoms with Gasteiger partial charge in [0.2, 0.25) is 0 Å². The molecule has 2 rings (SSSR count). The normalized spacial score (nSPS) is 10.0. The van der Waals surface area contributed by atoms with Crippen molar-refractivity contribution in [3.8, 4) is 11.5 Å². The van der Waals surface area contributed by atoms with Gasteiger partial charge in [-0.05, 0) is 30.7 Å². The summed E-state index contributed by atoms with van der Waals surface area (Å²) in [5, 5.41) is 2.87. The molecule has 0 saturated heterocycles. The van der Waals surface area contributed by atoms with Crippen molar-refractivity contribution >= 4 is 17.4 Å². The molecule has 3 N–H and O–H groups in total. The first-order valence-electron chi connectivity index (χ1n) is 8.42. The van der Waals surface area contributed by atoms with Crippen LogP contribution in [0.15, 0.2) is 61.2 Å². The van der Waals surface area contributed by atoms with Crippen LogP contribution in [0.25, 0.3) is 0 Å². The second-order valence-electron chi connectivity index (χ2n) is 5.64. The van der Waals surface area contributed by atoms with E-state index in [2.05, 4.69) is 11.9 Å². The van der Waals surface area contributed by atoms with Gasteiger partial charge in [-0.3, -0.25) is 0 Å². The molecule has 2 amide bonds. The predicted octanol–water partition coefficient (Wildman–Crippen LogP) is 3.77. The van der Waals surface area contributed by atoms with E-state index in [9.17, 15) is 4.79 Å². The zero-order chi connectivity index (χ0) is 18.8. The first-order chi connectivity index (χ1) is 12.6. The molecule has 2 aromatic carbocycles. The van der Waals surface area contributed by atoms with Gasteiger partial charge < -0.3 is 25.4 Å². The minimum atomic E-state index is -0.197. The molecule has 0 spiro atoms. The first kappa shape index (κ1) is 19.2. The number of ether oxygens (including phenoxy) is 2. The average molecular weight is 355 g/mol. The van der Waals surface area contributed by atoms with Crippen LogP contribution >= 0.6 is 0 Å². The third-order valence-corrected chi connectivity index (χ3v) is 3.71. The van der Waals surface area contributed by atoms with Crippen LogP contribution in [0, 0.1) is 0 Å². The number of nitrogens with zero attached hydrogens (tertiary/aromatic N) is 1. The smallest absolute Gasteiger partial charge is 0.322 e. The number of benzene rings is 2. The molecule has 0 bridgehead atoms. The van der Waals surface area contributed by atoms with Gasteiger partial charge >= 0.3 is 6.03 Å². The van der Waals surface area contributed by atoms with Gasteiger partial charge in [-0.25, -0.2) is 4.79 Å². The van der Waals surface area contributed by atoms with Gasteiger partial charge in [-0.2, -0.15) is 0 Å². The summed E-state index contributed by atoms with van der Waals surface area (Å²) in [5.74, 6) is 1.34. The van der Waals surface area contributed by atoms with Crippen LogP contribution in [-0.2, 0) is 0 Å². The van der Waals surface area contributed by atoms with Crippen LogP contribution < -0.4 is 20.5 Å². The van der Waals surface area contributed by atoms with Crippen molar-refractivity contribution in [2.24, 2.45) is 0 Å². The Morgan fingerprint density at radius 2 is 2.08 bits per heavy atom. The molecule has 0 aromatic heterocycles. The molecule has 0 fully saturated rings. The van der Waals surface area contributed by atoms with Crippen LogP contribution in [0.2, 0.25) is 0 Å². The van der Waals surface area contributed by atoms with Gasteiger partial charge in [-0.15, -0.1) is 6.58 Å². The highest BCUT2D eigenvalue weighted by atomic mass is 16.5. The largest absolute Gasteiger partial charge is 0.497 e. The third kappa shape index (κ3) is 5.73. The van der Waals surface area contributed by atoms with Crippen molar-refractivity contribution in [2.75, 3.05) is 37.9 Å². The van der Waals surface area contributed by atoms with Crippen LogP contribution in [0.3, 0.4) is 0 Å². The SMILES string of the molecule is C=CCN(CCCOc1ccccc1N)C(=O)Nc1cccc(OC)c1. The fourth-order valence-corrected chi connectivity index (χ4v) is 2.38. The number of nitrogens with two attached hydrogens (primary N) is 1. The van der Waals surface area contributed by atoms with Gasteiger partial charge in [-0.1, -0.05) is 24.3 Å². The highest BCUT2D eigenvalue weighted by molar-refractivity contribution is 5.89. The number of hydrogen-bond donors (Lipinski definition) is 2. The Hall–Kier alpha value is -3.15. The van der Waals surface area contributed by atoms with Crippen LogP contribution in [0.1, 0.15) is 6.42 Å². The number of amides is 2. The van der Waals surface area contributed by atoms with Gasteiger partial charge in [0.05, 0.1) is 19.4 Å². The second kappa shape index (κ2) is 9.98. The monoisotopic (exact) mass is 355 g/mol. The van der Waals surface area contributed by atoms with Crippen molar-refractivity contribution in [1.29, 1.82) is 0 Å². The first-order valence-corrected chi connectivity index (χ1v) is 8.42. The minimum Gasteiger partial charge on any atom is -0.497 e. The summed E-state index contributed by atoms with van der Waals surface area (Å²) < 4.78 is 10.8. The van der Waals surface area contributed by atoms with E-state index in [1.807, 2.05) is 36.4 Å². The van der Waals surface area contributed by atoms with Gasteiger partial charge in [0, 0.05) is 24.8 Å². The molecule has 2 aromatic rings. The van der Waals surface area contributed by atoms with Crippen LogP contribution in [0.4, 0.5) is 16.2 Å². The molecule has 0 saturated carbocycles. The Morgan fingerprint density at radius 3 is 2.81 bits per heavy atom. The summed E-state index contributed by atoms with van der Waals surface area (Å²) in [4.78, 5) is 14.2. The molecule has 0 atom stereocenters. The minimum absolute atomic E-state index is 0.197. The molecule has 6 heteroatoms. The van der Waals surface area contributed by atoms with E-state index in [1.165, 1.54) is 0 Å². The van der Waals surface area contributed by atoms with E-state index in [1.54, 1.807) is 30.2 Å². The van der Waals surface area contributed by atoms with Gasteiger partial charge in [0.25, 0.3) is 0 Å². The van der Waals surface area contributed by atoms with E-state index in [-0.39, 0.29) is 6.03 Å². The third-order valence-electron chi connectivity index (χ3n) is 3.71. The molecule has 0 unspecified atom stereocenters. The lowest BCUT2D eigenvalue weighted by Gasteiger charge is -2.22. The van der Waals surface area contributed by atoms with Crippen LogP contribution in [-0.4, -0.2) is 37.7 Å². The summed E-state index contributed by atoms with van der Waals surface area (Å²) in [5.41, 5.74) is 7.13. The second-order valence-corrected chi connectivity index (χ2v) is 5.64. The summed E-state index contributed by atoms with van der Waals surface area (Å²) in [6, 6.07) is 14.4. The van der Waals surface area contributed by atoms with Gasteiger partial charge in [0.15, 0.2) is 0 Å². The standard InChI is InChI=1S/C20H25N3O3/c1-3-12-23(13-7-14-26-19-11-5-4-10-18(19)21)20(24)22-16-8-6-9-17(15-16)25-2/h3-6,8-11,15H,1,7,12-14,21H2,2H3,(H,22,24). The molecule has 0 aliphatic rings. The predicted molar refractivity (Wildman–Crippen MR) is 105 cm³/mol. The number of rotatable bonds is 9. The van der Waals surface area contributed by atoms with Crippen LogP contribution in [0.5, 0.6) is 11.5 Å². The quantitative estimate of drug-likeness (QED) is 0.408. The summed E-state index contributed by atoms with van der Waals surface area (Å²) in [6.07, 6.45) is 2.37. The zero-order valence-corrected chi connectivity index (χ0v) is 15.0. The lowest BCUT2D eigenvalue weighted by atomic mass is 10.3. The maximum Gasteiger partial charge on any atom is 0.322 e. The maximum absolute atomic E-state index is 12.5. The number of anilines is 2. The number of urea groups is 1. The molecule has 0 radical (unpaired) electrons. The number of hydrogen-bond acceptors (Lipinski definition) is 4. The number of para-hydroxylation sites is 2. The summed E-state index contributed by atoms with van der Waals surface area (Å²) in [6.45, 7) is 5.17. The molecule has 138 valence electrons. The van der Waals surface area contributed by atoms with E-state index in [4.69, 9.17) is 15.2 Å². The molecular weight excluding hydrogens is 330 g/mol. The molecule has 0 heterocycles. The maximum atomic E-state index is 12.5. The number of methoxy groups -OCH3 is 1. The van der Waals surface area contributed by atoms with E-state index >= 15 is 0 Å². The molecular formula is C20H25N3O3. The van der Waals surface area contributed by atoms with E-state index in [0.29, 0.717) is 49.0 Å². The molecule has 0 aliphatic carbocycles. The number of carbonyl (C=O) groups excluding carboxylic acids is 1. The fourth-order valence-electron chi connectivity index (χ4n) is 2.38. The van der Waals surface area contributed by atoms with Crippen molar-refractivity contribution in [3.05, 3.63) is 61.2 Å². The Kier molecular flexibility index (Phi) is 7.36. The number of nitrogen functional groups attached to an aromatic ring is 1. The highest BCUT2D eigenvalue weighted by Gasteiger charge is 2.12. The van der Waals surface area contributed by atoms with Crippen molar-refractivity contribution in [2.45, 2.75) is 6.42 Å². The number of nitrogens with one attached hydrogen (secondary N) is 1. The Balaban J connectivity index is 1.85. The molecule has 6 nitrogen and oxygen atoms in total. The Morgan fingerprint density at radius 1 is 1.27 bits per heavy atom. The topological polar surface area (TPSA) is 76.8 Å². The Bertz CT molecular complexity index is 734. The van der Waals surface area contributed by atoms with Crippen molar-refractivity contribution < 1.29 is 14.3 Å². The lowest BCUT2D eigenvalue weighted by Crippen LogP contribution is -2.36. The zero-order valence-electron chi connectivity index (χ0n) is 15.0. The lowest BCUT2D eigenvalue weighted by molar-refractivity contribution is 0.210. The fraction of sp³-hybridized carbons (Fsp3) is 0.250. The Labute approximate surface area is 154 Å².